The molecule has 7 heteroatoms. The van der Waals surface area contributed by atoms with Gasteiger partial charge in [-0.3, -0.25) is 0 Å². The summed E-state index contributed by atoms with van der Waals surface area (Å²) in [5.74, 6) is -2.83. The van der Waals surface area contributed by atoms with Crippen LogP contribution in [0.25, 0.3) is 0 Å². The molecule has 1 rings (SSSR count). The van der Waals surface area contributed by atoms with E-state index in [1.165, 1.54) is 0 Å². The van der Waals surface area contributed by atoms with Crippen molar-refractivity contribution in [2.75, 3.05) is 26.2 Å². The summed E-state index contributed by atoms with van der Waals surface area (Å²) >= 11 is 6.07. The number of likely N-dealkylation sites (N-methyl/N-ethyl adjacent to an activating group) is 1. The standard InChI is InChI=1S/C13H20ClNO.C2H2O4/c1-4-15(5-2)9-10-16-13-11(3)7-6-8-12(13)14;3-1(4)2(5)6/h6-8H,4-5,9-10H2,1-3H3;(H,3,4)(H,5,6). The number of carbonyl (C=O) groups is 2. The number of aryl methyl sites for hydroxylation is 1. The molecular weight excluding hydrogens is 310 g/mol. The Morgan fingerprint density at radius 1 is 1.18 bits per heavy atom. The Morgan fingerprint density at radius 3 is 2.14 bits per heavy atom. The third kappa shape index (κ3) is 7.85. The van der Waals surface area contributed by atoms with Gasteiger partial charge in [-0.1, -0.05) is 37.6 Å². The predicted octanol–water partition coefficient (Wildman–Crippen LogP) is 2.52. The van der Waals surface area contributed by atoms with Crippen LogP contribution in [0.5, 0.6) is 5.75 Å². The van der Waals surface area contributed by atoms with Gasteiger partial charge in [0.25, 0.3) is 0 Å². The average Bonchev–Trinajstić information content (AvgIpc) is 2.47. The molecule has 0 aliphatic heterocycles. The number of carboxylic acids is 2. The molecule has 0 aliphatic carbocycles. The molecule has 0 aromatic heterocycles. The lowest BCUT2D eigenvalue weighted by molar-refractivity contribution is -0.159. The third-order valence-electron chi connectivity index (χ3n) is 2.90. The summed E-state index contributed by atoms with van der Waals surface area (Å²) in [5, 5.41) is 15.5. The van der Waals surface area contributed by atoms with E-state index in [1.807, 2.05) is 25.1 Å². The smallest absolute Gasteiger partial charge is 0.414 e. The molecule has 0 fully saturated rings. The molecule has 1 aromatic carbocycles. The van der Waals surface area contributed by atoms with Crippen LogP contribution in [-0.2, 0) is 9.59 Å². The van der Waals surface area contributed by atoms with Crippen LogP contribution in [0.15, 0.2) is 18.2 Å². The van der Waals surface area contributed by atoms with Gasteiger partial charge in [-0.2, -0.15) is 0 Å². The van der Waals surface area contributed by atoms with Crippen molar-refractivity contribution in [1.82, 2.24) is 4.90 Å². The van der Waals surface area contributed by atoms with Crippen molar-refractivity contribution in [3.8, 4) is 5.75 Å². The maximum atomic E-state index is 9.10. The summed E-state index contributed by atoms with van der Waals surface area (Å²) in [5.41, 5.74) is 1.09. The molecule has 0 radical (unpaired) electrons. The topological polar surface area (TPSA) is 87.1 Å². The third-order valence-corrected chi connectivity index (χ3v) is 3.19. The molecule has 0 heterocycles. The number of nitrogens with zero attached hydrogens (tertiary/aromatic N) is 1. The second kappa shape index (κ2) is 10.9. The second-order valence-electron chi connectivity index (χ2n) is 4.37. The normalized spacial score (nSPS) is 9.86. The maximum absolute atomic E-state index is 9.10. The number of halogens is 1. The van der Waals surface area contributed by atoms with Crippen LogP contribution in [0.4, 0.5) is 0 Å². The van der Waals surface area contributed by atoms with Crippen molar-refractivity contribution in [3.63, 3.8) is 0 Å². The monoisotopic (exact) mass is 331 g/mol. The maximum Gasteiger partial charge on any atom is 0.414 e. The lowest BCUT2D eigenvalue weighted by Crippen LogP contribution is -2.28. The van der Waals surface area contributed by atoms with Crippen molar-refractivity contribution in [2.45, 2.75) is 20.8 Å². The SMILES string of the molecule is CCN(CC)CCOc1c(C)cccc1Cl.O=C(O)C(=O)O. The van der Waals surface area contributed by atoms with Gasteiger partial charge < -0.3 is 19.8 Å². The fraction of sp³-hybridized carbons (Fsp3) is 0.467. The van der Waals surface area contributed by atoms with Gasteiger partial charge in [-0.25, -0.2) is 9.59 Å². The van der Waals surface area contributed by atoms with E-state index in [4.69, 9.17) is 36.1 Å². The van der Waals surface area contributed by atoms with Crippen LogP contribution in [0.2, 0.25) is 5.02 Å². The molecular formula is C15H22ClNO5. The highest BCUT2D eigenvalue weighted by Crippen LogP contribution is 2.27. The summed E-state index contributed by atoms with van der Waals surface area (Å²) in [4.78, 5) is 20.5. The molecule has 0 atom stereocenters. The fourth-order valence-corrected chi connectivity index (χ4v) is 1.89. The van der Waals surface area contributed by atoms with E-state index in [0.717, 1.165) is 30.9 Å². The van der Waals surface area contributed by atoms with E-state index in [1.54, 1.807) is 0 Å². The number of hydrogen-bond acceptors (Lipinski definition) is 4. The number of carboxylic acid groups (broad SMARTS) is 2. The average molecular weight is 332 g/mol. The molecule has 0 aliphatic rings. The minimum Gasteiger partial charge on any atom is -0.490 e. The minimum absolute atomic E-state index is 0.687. The van der Waals surface area contributed by atoms with E-state index in [2.05, 4.69) is 18.7 Å². The molecule has 22 heavy (non-hydrogen) atoms. The molecule has 2 N–H and O–H groups in total. The molecule has 124 valence electrons. The summed E-state index contributed by atoms with van der Waals surface area (Å²) in [6.07, 6.45) is 0. The van der Waals surface area contributed by atoms with Gasteiger partial charge in [-0.05, 0) is 31.6 Å². The summed E-state index contributed by atoms with van der Waals surface area (Å²) in [6.45, 7) is 10.1. The zero-order chi connectivity index (χ0) is 17.1. The number of para-hydroxylation sites is 1. The number of aliphatic carboxylic acids is 2. The van der Waals surface area contributed by atoms with E-state index in [9.17, 15) is 0 Å². The number of ether oxygens (including phenoxy) is 1. The molecule has 6 nitrogen and oxygen atoms in total. The lowest BCUT2D eigenvalue weighted by Gasteiger charge is -2.18. The van der Waals surface area contributed by atoms with E-state index in [-0.39, 0.29) is 0 Å². The summed E-state index contributed by atoms with van der Waals surface area (Å²) in [6, 6.07) is 5.81. The highest BCUT2D eigenvalue weighted by molar-refractivity contribution is 6.32. The van der Waals surface area contributed by atoms with E-state index in [0.29, 0.717) is 11.6 Å². The van der Waals surface area contributed by atoms with Crippen molar-refractivity contribution in [1.29, 1.82) is 0 Å². The van der Waals surface area contributed by atoms with Gasteiger partial charge in [0.15, 0.2) is 0 Å². The van der Waals surface area contributed by atoms with Crippen molar-refractivity contribution >= 4 is 23.5 Å². The van der Waals surface area contributed by atoms with Crippen molar-refractivity contribution in [3.05, 3.63) is 28.8 Å². The Kier molecular flexibility index (Phi) is 9.98. The number of benzene rings is 1. The Balaban J connectivity index is 0.000000626. The van der Waals surface area contributed by atoms with Crippen LogP contribution >= 0.6 is 11.6 Å². The van der Waals surface area contributed by atoms with Gasteiger partial charge in [-0.15, -0.1) is 0 Å². The Morgan fingerprint density at radius 2 is 1.73 bits per heavy atom. The molecule has 0 unspecified atom stereocenters. The fourth-order valence-electron chi connectivity index (χ4n) is 1.62. The van der Waals surface area contributed by atoms with E-state index >= 15 is 0 Å². The Bertz CT molecular complexity index is 457. The first kappa shape index (κ1) is 20.2. The first-order chi connectivity index (χ1) is 10.3. The summed E-state index contributed by atoms with van der Waals surface area (Å²) < 4.78 is 5.73. The van der Waals surface area contributed by atoms with Crippen molar-refractivity contribution < 1.29 is 24.5 Å². The zero-order valence-electron chi connectivity index (χ0n) is 13.0. The van der Waals surface area contributed by atoms with Crippen LogP contribution in [-0.4, -0.2) is 53.3 Å². The highest BCUT2D eigenvalue weighted by atomic mass is 35.5. The van der Waals surface area contributed by atoms with Crippen LogP contribution in [0, 0.1) is 6.92 Å². The Labute approximate surface area is 135 Å². The van der Waals surface area contributed by atoms with Crippen LogP contribution in [0.1, 0.15) is 19.4 Å². The second-order valence-corrected chi connectivity index (χ2v) is 4.78. The van der Waals surface area contributed by atoms with Crippen molar-refractivity contribution in [2.24, 2.45) is 0 Å². The zero-order valence-corrected chi connectivity index (χ0v) is 13.8. The first-order valence-electron chi connectivity index (χ1n) is 6.89. The molecule has 0 saturated carbocycles. The Hall–Kier alpha value is -1.79. The van der Waals surface area contributed by atoms with Crippen LogP contribution in [0.3, 0.4) is 0 Å². The highest BCUT2D eigenvalue weighted by Gasteiger charge is 2.05. The number of rotatable bonds is 6. The molecule has 1 aromatic rings. The van der Waals surface area contributed by atoms with Gasteiger partial charge in [0, 0.05) is 6.54 Å². The lowest BCUT2D eigenvalue weighted by atomic mass is 10.2. The quantitative estimate of drug-likeness (QED) is 0.779. The van der Waals surface area contributed by atoms with Crippen LogP contribution < -0.4 is 4.74 Å². The molecule has 0 amide bonds. The number of hydrogen-bond donors (Lipinski definition) is 2. The predicted molar refractivity (Wildman–Crippen MR) is 84.7 cm³/mol. The van der Waals surface area contributed by atoms with Gasteiger partial charge >= 0.3 is 11.9 Å². The van der Waals surface area contributed by atoms with E-state index < -0.39 is 11.9 Å². The first-order valence-corrected chi connectivity index (χ1v) is 7.27. The van der Waals surface area contributed by atoms with Gasteiger partial charge in [0.05, 0.1) is 5.02 Å². The van der Waals surface area contributed by atoms with Gasteiger partial charge in [0.2, 0.25) is 0 Å². The molecule has 0 spiro atoms. The van der Waals surface area contributed by atoms with Gasteiger partial charge in [0.1, 0.15) is 12.4 Å². The summed E-state index contributed by atoms with van der Waals surface area (Å²) in [7, 11) is 0. The largest absolute Gasteiger partial charge is 0.490 e. The molecule has 0 saturated heterocycles. The molecule has 0 bridgehead atoms. The minimum atomic E-state index is -1.82.